The van der Waals surface area contributed by atoms with Crippen LogP contribution in [-0.2, 0) is 20.9 Å². The van der Waals surface area contributed by atoms with Crippen LogP contribution in [0.25, 0.3) is 0 Å². The third kappa shape index (κ3) is 4.74. The summed E-state index contributed by atoms with van der Waals surface area (Å²) in [5.74, 6) is -1.54. The molecule has 7 heteroatoms. The summed E-state index contributed by atoms with van der Waals surface area (Å²) in [6.07, 6.45) is -0.635. The van der Waals surface area contributed by atoms with Crippen LogP contribution in [0, 0.1) is 0 Å². The van der Waals surface area contributed by atoms with Crippen molar-refractivity contribution in [2.24, 2.45) is 0 Å². The maximum atomic E-state index is 12.4. The summed E-state index contributed by atoms with van der Waals surface area (Å²) in [5.41, 5.74) is 1.74. The number of hydrogen-bond donors (Lipinski definition) is 0. The number of benzene rings is 2. The standard InChI is InChI=1S/C23H24N2O5/c1-16(21(27)24(2)15-17-9-4-3-5-10-17)30-20(26)13-8-14-25-22(28)18-11-6-7-12-19(18)23(25)29/h3-7,9-12,16H,8,13-15H2,1-2H3/t16-/m0/s1. The van der Waals surface area contributed by atoms with Gasteiger partial charge in [0.25, 0.3) is 17.7 Å². The van der Waals surface area contributed by atoms with Gasteiger partial charge in [-0.3, -0.25) is 24.1 Å². The molecule has 0 N–H and O–H groups in total. The number of carbonyl (C=O) groups excluding carboxylic acids is 4. The van der Waals surface area contributed by atoms with Gasteiger partial charge < -0.3 is 9.64 Å². The molecule has 3 rings (SSSR count). The van der Waals surface area contributed by atoms with Gasteiger partial charge in [-0.05, 0) is 31.0 Å². The Balaban J connectivity index is 1.44. The van der Waals surface area contributed by atoms with Crippen LogP contribution in [0.3, 0.4) is 0 Å². The highest BCUT2D eigenvalue weighted by Crippen LogP contribution is 2.22. The minimum absolute atomic E-state index is 0.00737. The predicted molar refractivity (Wildman–Crippen MR) is 110 cm³/mol. The maximum Gasteiger partial charge on any atom is 0.306 e. The lowest BCUT2D eigenvalue weighted by Crippen LogP contribution is -2.37. The number of hydrogen-bond acceptors (Lipinski definition) is 5. The summed E-state index contributed by atoms with van der Waals surface area (Å²) >= 11 is 0. The van der Waals surface area contributed by atoms with E-state index in [0.717, 1.165) is 10.5 Å². The SMILES string of the molecule is C[C@H](OC(=O)CCCN1C(=O)c2ccccc2C1=O)C(=O)N(C)Cc1ccccc1. The molecule has 1 heterocycles. The molecular formula is C23H24N2O5. The summed E-state index contributed by atoms with van der Waals surface area (Å²) < 4.78 is 5.23. The molecule has 0 saturated carbocycles. The minimum Gasteiger partial charge on any atom is -0.453 e. The summed E-state index contributed by atoms with van der Waals surface area (Å²) in [6.45, 7) is 2.07. The second kappa shape index (κ2) is 9.35. The van der Waals surface area contributed by atoms with Crippen LogP contribution in [0.5, 0.6) is 0 Å². The number of nitrogens with zero attached hydrogens (tertiary/aromatic N) is 2. The van der Waals surface area contributed by atoms with Crippen molar-refractivity contribution in [2.45, 2.75) is 32.4 Å². The van der Waals surface area contributed by atoms with E-state index >= 15 is 0 Å². The van der Waals surface area contributed by atoms with Crippen molar-refractivity contribution in [2.75, 3.05) is 13.6 Å². The Hall–Kier alpha value is -3.48. The van der Waals surface area contributed by atoms with Crippen LogP contribution < -0.4 is 0 Å². The average molecular weight is 408 g/mol. The van der Waals surface area contributed by atoms with Crippen LogP contribution in [0.2, 0.25) is 0 Å². The van der Waals surface area contributed by atoms with E-state index < -0.39 is 12.1 Å². The highest BCUT2D eigenvalue weighted by Gasteiger charge is 2.34. The number of imide groups is 1. The molecular weight excluding hydrogens is 384 g/mol. The first kappa shape index (κ1) is 21.2. The fraction of sp³-hybridized carbons (Fsp3) is 0.304. The molecule has 0 fully saturated rings. The minimum atomic E-state index is -0.912. The second-order valence-electron chi connectivity index (χ2n) is 7.22. The predicted octanol–water partition coefficient (Wildman–Crippen LogP) is 2.65. The van der Waals surface area contributed by atoms with Gasteiger partial charge in [0.05, 0.1) is 11.1 Å². The molecule has 0 radical (unpaired) electrons. The van der Waals surface area contributed by atoms with Gasteiger partial charge in [-0.25, -0.2) is 0 Å². The van der Waals surface area contributed by atoms with Gasteiger partial charge in [0.2, 0.25) is 0 Å². The van der Waals surface area contributed by atoms with Crippen molar-refractivity contribution < 1.29 is 23.9 Å². The highest BCUT2D eigenvalue weighted by molar-refractivity contribution is 6.21. The zero-order valence-electron chi connectivity index (χ0n) is 17.0. The van der Waals surface area contributed by atoms with Crippen LogP contribution in [0.1, 0.15) is 46.0 Å². The lowest BCUT2D eigenvalue weighted by molar-refractivity contribution is -0.158. The van der Waals surface area contributed by atoms with Crippen molar-refractivity contribution in [3.05, 3.63) is 71.3 Å². The van der Waals surface area contributed by atoms with Gasteiger partial charge in [0.1, 0.15) is 0 Å². The summed E-state index contributed by atoms with van der Waals surface area (Å²) in [5, 5.41) is 0. The number of amides is 3. The first-order chi connectivity index (χ1) is 14.4. The molecule has 1 atom stereocenters. The van der Waals surface area contributed by atoms with Crippen molar-refractivity contribution in [3.8, 4) is 0 Å². The van der Waals surface area contributed by atoms with Crippen LogP contribution in [-0.4, -0.2) is 53.2 Å². The molecule has 2 aromatic rings. The molecule has 3 amide bonds. The number of ether oxygens (including phenoxy) is 1. The van der Waals surface area contributed by atoms with Gasteiger partial charge >= 0.3 is 5.97 Å². The highest BCUT2D eigenvalue weighted by atomic mass is 16.5. The van der Waals surface area contributed by atoms with Crippen LogP contribution >= 0.6 is 0 Å². The lowest BCUT2D eigenvalue weighted by atomic mass is 10.1. The Kier molecular flexibility index (Phi) is 6.61. The molecule has 1 aliphatic rings. The lowest BCUT2D eigenvalue weighted by Gasteiger charge is -2.21. The fourth-order valence-corrected chi connectivity index (χ4v) is 3.38. The third-order valence-electron chi connectivity index (χ3n) is 4.94. The normalized spacial score (nSPS) is 13.7. The smallest absolute Gasteiger partial charge is 0.306 e. The first-order valence-corrected chi connectivity index (χ1v) is 9.82. The number of carbonyl (C=O) groups is 4. The molecule has 0 unspecified atom stereocenters. The van der Waals surface area contributed by atoms with Crippen molar-refractivity contribution in [3.63, 3.8) is 0 Å². The van der Waals surface area contributed by atoms with E-state index in [0.29, 0.717) is 17.7 Å². The molecule has 0 bridgehead atoms. The van der Waals surface area contributed by atoms with Gasteiger partial charge in [0, 0.05) is 26.6 Å². The molecule has 0 aliphatic carbocycles. The Morgan fingerprint density at radius 3 is 2.13 bits per heavy atom. The number of likely N-dealkylation sites (N-methyl/N-ethyl adjacent to an activating group) is 1. The molecule has 0 spiro atoms. The summed E-state index contributed by atoms with van der Waals surface area (Å²) in [7, 11) is 1.65. The van der Waals surface area contributed by atoms with Crippen LogP contribution in [0.4, 0.5) is 0 Å². The number of fused-ring (bicyclic) bond motifs is 1. The largest absolute Gasteiger partial charge is 0.453 e. The fourth-order valence-electron chi connectivity index (χ4n) is 3.38. The van der Waals surface area contributed by atoms with E-state index in [1.165, 1.54) is 11.8 Å². The molecule has 7 nitrogen and oxygen atoms in total. The second-order valence-corrected chi connectivity index (χ2v) is 7.22. The van der Waals surface area contributed by atoms with Gasteiger partial charge in [-0.1, -0.05) is 42.5 Å². The monoisotopic (exact) mass is 408 g/mol. The molecule has 0 saturated heterocycles. The zero-order valence-corrected chi connectivity index (χ0v) is 17.0. The molecule has 156 valence electrons. The van der Waals surface area contributed by atoms with Crippen molar-refractivity contribution in [1.82, 2.24) is 9.80 Å². The van der Waals surface area contributed by atoms with E-state index in [1.54, 1.807) is 31.3 Å². The maximum absolute atomic E-state index is 12.4. The molecule has 0 aromatic heterocycles. The number of rotatable bonds is 8. The summed E-state index contributed by atoms with van der Waals surface area (Å²) in [6, 6.07) is 16.2. The van der Waals surface area contributed by atoms with E-state index in [2.05, 4.69) is 0 Å². The van der Waals surface area contributed by atoms with Crippen LogP contribution in [0.15, 0.2) is 54.6 Å². The van der Waals surface area contributed by atoms with E-state index in [-0.39, 0.29) is 37.1 Å². The third-order valence-corrected chi connectivity index (χ3v) is 4.94. The Morgan fingerprint density at radius 1 is 0.967 bits per heavy atom. The van der Waals surface area contributed by atoms with E-state index in [4.69, 9.17) is 4.74 Å². The Morgan fingerprint density at radius 2 is 1.53 bits per heavy atom. The quantitative estimate of drug-likeness (QED) is 0.495. The summed E-state index contributed by atoms with van der Waals surface area (Å²) in [4.78, 5) is 51.8. The topological polar surface area (TPSA) is 84.0 Å². The zero-order chi connectivity index (χ0) is 21.7. The average Bonchev–Trinajstić information content (AvgIpc) is 2.99. The van der Waals surface area contributed by atoms with Crippen molar-refractivity contribution in [1.29, 1.82) is 0 Å². The molecule has 1 aliphatic heterocycles. The first-order valence-electron chi connectivity index (χ1n) is 9.82. The van der Waals surface area contributed by atoms with E-state index in [9.17, 15) is 19.2 Å². The van der Waals surface area contributed by atoms with Crippen molar-refractivity contribution >= 4 is 23.7 Å². The van der Waals surface area contributed by atoms with Gasteiger partial charge in [0.15, 0.2) is 6.10 Å². The van der Waals surface area contributed by atoms with Gasteiger partial charge in [-0.15, -0.1) is 0 Å². The Labute approximate surface area is 175 Å². The molecule has 2 aromatic carbocycles. The Bertz CT molecular complexity index is 922. The van der Waals surface area contributed by atoms with E-state index in [1.807, 2.05) is 30.3 Å². The molecule has 30 heavy (non-hydrogen) atoms. The van der Waals surface area contributed by atoms with Gasteiger partial charge in [-0.2, -0.15) is 0 Å². The number of esters is 1.